The zero-order valence-electron chi connectivity index (χ0n) is 13.7. The Bertz CT molecular complexity index is 716. The van der Waals surface area contributed by atoms with Crippen LogP contribution in [0.1, 0.15) is 22.7 Å². The van der Waals surface area contributed by atoms with Crippen molar-refractivity contribution >= 4 is 5.69 Å². The molecule has 1 atom stereocenters. The van der Waals surface area contributed by atoms with Gasteiger partial charge in [-0.25, -0.2) is 0 Å². The number of nitrogens with one attached hydrogen (secondary N) is 1. The number of fused-ring (bicyclic) bond motifs is 1. The molecule has 0 radical (unpaired) electrons. The van der Waals surface area contributed by atoms with Crippen molar-refractivity contribution in [1.82, 2.24) is 5.32 Å². The van der Waals surface area contributed by atoms with E-state index in [0.29, 0.717) is 0 Å². The molecule has 3 N–H and O–H groups in total. The van der Waals surface area contributed by atoms with Crippen LogP contribution in [0.2, 0.25) is 0 Å². The Morgan fingerprint density at radius 3 is 2.39 bits per heavy atom. The van der Waals surface area contributed by atoms with Gasteiger partial charge >= 0.3 is 0 Å². The lowest BCUT2D eigenvalue weighted by Crippen LogP contribution is -2.31. The number of rotatable bonds is 4. The molecule has 3 rings (SSSR count). The minimum absolute atomic E-state index is 0.00801. The van der Waals surface area contributed by atoms with E-state index in [1.165, 1.54) is 5.56 Å². The number of hydrogen-bond acceptors (Lipinski definition) is 5. The summed E-state index contributed by atoms with van der Waals surface area (Å²) < 4.78 is 16.2. The van der Waals surface area contributed by atoms with Crippen molar-refractivity contribution in [3.8, 4) is 17.2 Å². The summed E-state index contributed by atoms with van der Waals surface area (Å²) in [5, 5.41) is 3.54. The molecule has 0 saturated heterocycles. The van der Waals surface area contributed by atoms with Gasteiger partial charge < -0.3 is 25.3 Å². The Morgan fingerprint density at radius 1 is 0.957 bits per heavy atom. The summed E-state index contributed by atoms with van der Waals surface area (Å²) in [6, 6.07) is 9.83. The Labute approximate surface area is 136 Å². The van der Waals surface area contributed by atoms with Gasteiger partial charge in [0.15, 0.2) is 11.5 Å². The van der Waals surface area contributed by atoms with Crippen molar-refractivity contribution in [1.29, 1.82) is 0 Å². The van der Waals surface area contributed by atoms with Gasteiger partial charge in [-0.2, -0.15) is 0 Å². The smallest absolute Gasteiger partial charge is 0.161 e. The lowest BCUT2D eigenvalue weighted by Gasteiger charge is -2.29. The van der Waals surface area contributed by atoms with Crippen LogP contribution in [0.3, 0.4) is 0 Å². The molecule has 2 aromatic rings. The van der Waals surface area contributed by atoms with Crippen LogP contribution in [0.4, 0.5) is 5.69 Å². The van der Waals surface area contributed by atoms with Crippen molar-refractivity contribution in [2.45, 2.75) is 12.5 Å². The number of methoxy groups -OCH3 is 3. The lowest BCUT2D eigenvalue weighted by molar-refractivity contribution is 0.353. The summed E-state index contributed by atoms with van der Waals surface area (Å²) in [4.78, 5) is 0. The van der Waals surface area contributed by atoms with Gasteiger partial charge in [0.2, 0.25) is 0 Å². The minimum atomic E-state index is 0.00801. The van der Waals surface area contributed by atoms with E-state index in [1.54, 1.807) is 21.3 Å². The van der Waals surface area contributed by atoms with E-state index >= 15 is 0 Å². The largest absolute Gasteiger partial charge is 0.497 e. The first-order valence-electron chi connectivity index (χ1n) is 7.59. The predicted molar refractivity (Wildman–Crippen MR) is 90.5 cm³/mol. The molecule has 1 heterocycles. The van der Waals surface area contributed by atoms with Crippen LogP contribution in [-0.2, 0) is 6.42 Å². The maximum Gasteiger partial charge on any atom is 0.161 e. The molecule has 23 heavy (non-hydrogen) atoms. The Balaban J connectivity index is 2.11. The van der Waals surface area contributed by atoms with Crippen LogP contribution in [-0.4, -0.2) is 27.9 Å². The zero-order valence-corrected chi connectivity index (χ0v) is 13.7. The third-order valence-electron chi connectivity index (χ3n) is 4.30. The topological polar surface area (TPSA) is 65.7 Å². The quantitative estimate of drug-likeness (QED) is 0.849. The van der Waals surface area contributed by atoms with Crippen molar-refractivity contribution in [3.05, 3.63) is 47.0 Å². The summed E-state index contributed by atoms with van der Waals surface area (Å²) in [6.07, 6.45) is 0.941. The van der Waals surface area contributed by atoms with Crippen molar-refractivity contribution in [2.75, 3.05) is 33.6 Å². The molecule has 0 aliphatic carbocycles. The molecular weight excluding hydrogens is 292 g/mol. The summed E-state index contributed by atoms with van der Waals surface area (Å²) in [7, 11) is 4.96. The van der Waals surface area contributed by atoms with E-state index in [2.05, 4.69) is 11.4 Å². The van der Waals surface area contributed by atoms with E-state index < -0.39 is 0 Å². The monoisotopic (exact) mass is 314 g/mol. The Hall–Kier alpha value is -2.40. The maximum atomic E-state index is 6.21. The van der Waals surface area contributed by atoms with Gasteiger partial charge in [-0.3, -0.25) is 0 Å². The number of ether oxygens (including phenoxy) is 3. The zero-order chi connectivity index (χ0) is 16.4. The number of nitrogen functional groups attached to an aromatic ring is 1. The highest BCUT2D eigenvalue weighted by molar-refractivity contribution is 5.58. The molecular formula is C18H22N2O3. The van der Waals surface area contributed by atoms with Crippen LogP contribution in [0.15, 0.2) is 30.3 Å². The van der Waals surface area contributed by atoms with Crippen LogP contribution >= 0.6 is 0 Å². The summed E-state index contributed by atoms with van der Waals surface area (Å²) >= 11 is 0. The van der Waals surface area contributed by atoms with Gasteiger partial charge in [0.05, 0.1) is 27.4 Å². The molecule has 122 valence electrons. The summed E-state index contributed by atoms with van der Waals surface area (Å²) in [6.45, 7) is 0.879. The third kappa shape index (κ3) is 2.80. The van der Waals surface area contributed by atoms with Crippen molar-refractivity contribution in [3.63, 3.8) is 0 Å². The number of anilines is 1. The summed E-state index contributed by atoms with van der Waals surface area (Å²) in [5.41, 5.74) is 10.4. The van der Waals surface area contributed by atoms with Crippen LogP contribution in [0.25, 0.3) is 0 Å². The molecule has 0 saturated carbocycles. The van der Waals surface area contributed by atoms with Crippen LogP contribution in [0.5, 0.6) is 17.2 Å². The predicted octanol–water partition coefficient (Wildman–Crippen LogP) is 2.53. The average Bonchev–Trinajstić information content (AvgIpc) is 2.60. The molecule has 0 aromatic heterocycles. The second-order valence-corrected chi connectivity index (χ2v) is 5.54. The average molecular weight is 314 g/mol. The standard InChI is InChI=1S/C18H22N2O3/c1-21-12-4-5-15(19)14(9-12)18-13-10-17(23-3)16(22-2)8-11(13)6-7-20-18/h4-5,8-10,18,20H,6-7,19H2,1-3H3. The number of nitrogens with two attached hydrogens (primary N) is 1. The molecule has 0 fully saturated rings. The van der Waals surface area contributed by atoms with E-state index in [9.17, 15) is 0 Å². The fourth-order valence-electron chi connectivity index (χ4n) is 3.09. The highest BCUT2D eigenvalue weighted by Gasteiger charge is 2.25. The second-order valence-electron chi connectivity index (χ2n) is 5.54. The normalized spacial score (nSPS) is 16.6. The molecule has 0 bridgehead atoms. The first kappa shape index (κ1) is 15.5. The van der Waals surface area contributed by atoms with E-state index in [4.69, 9.17) is 19.9 Å². The highest BCUT2D eigenvalue weighted by atomic mass is 16.5. The SMILES string of the molecule is COc1ccc(N)c(C2NCCc3cc(OC)c(OC)cc32)c1. The minimum Gasteiger partial charge on any atom is -0.497 e. The Morgan fingerprint density at radius 2 is 1.70 bits per heavy atom. The van der Waals surface area contributed by atoms with Gasteiger partial charge in [-0.1, -0.05) is 0 Å². The molecule has 0 amide bonds. The van der Waals surface area contributed by atoms with Crippen molar-refractivity contribution in [2.24, 2.45) is 0 Å². The van der Waals surface area contributed by atoms with E-state index in [-0.39, 0.29) is 6.04 Å². The van der Waals surface area contributed by atoms with Crippen molar-refractivity contribution < 1.29 is 14.2 Å². The molecule has 0 spiro atoms. The van der Waals surface area contributed by atoms with Gasteiger partial charge in [0.25, 0.3) is 0 Å². The molecule has 1 aliphatic rings. The van der Waals surface area contributed by atoms with Crippen LogP contribution < -0.4 is 25.3 Å². The summed E-state index contributed by atoms with van der Waals surface area (Å²) in [5.74, 6) is 2.27. The molecule has 5 heteroatoms. The number of benzene rings is 2. The van der Waals surface area contributed by atoms with E-state index in [0.717, 1.165) is 47.0 Å². The first-order chi connectivity index (χ1) is 11.2. The fraction of sp³-hybridized carbons (Fsp3) is 0.333. The first-order valence-corrected chi connectivity index (χ1v) is 7.59. The fourth-order valence-corrected chi connectivity index (χ4v) is 3.09. The maximum absolute atomic E-state index is 6.21. The number of hydrogen-bond donors (Lipinski definition) is 2. The molecule has 1 aliphatic heterocycles. The van der Waals surface area contributed by atoms with Crippen LogP contribution in [0, 0.1) is 0 Å². The van der Waals surface area contributed by atoms with E-state index in [1.807, 2.05) is 24.3 Å². The van der Waals surface area contributed by atoms with Gasteiger partial charge in [0.1, 0.15) is 5.75 Å². The third-order valence-corrected chi connectivity index (χ3v) is 4.30. The Kier molecular flexibility index (Phi) is 4.30. The molecule has 1 unspecified atom stereocenters. The highest BCUT2D eigenvalue weighted by Crippen LogP contribution is 2.39. The van der Waals surface area contributed by atoms with Gasteiger partial charge in [-0.15, -0.1) is 0 Å². The van der Waals surface area contributed by atoms with Gasteiger partial charge in [0, 0.05) is 17.8 Å². The molecule has 5 nitrogen and oxygen atoms in total. The second kappa shape index (κ2) is 6.38. The van der Waals surface area contributed by atoms with Gasteiger partial charge in [-0.05, 0) is 47.9 Å². The molecule has 2 aromatic carbocycles. The lowest BCUT2D eigenvalue weighted by atomic mass is 9.88.